The molecule has 0 fully saturated rings. The van der Waals surface area contributed by atoms with Crippen LogP contribution in [0.5, 0.6) is 0 Å². The fourth-order valence-electron chi connectivity index (χ4n) is 4.81. The van der Waals surface area contributed by atoms with E-state index in [-0.39, 0.29) is 41.9 Å². The van der Waals surface area contributed by atoms with Crippen LogP contribution in [0.2, 0.25) is 0 Å². The number of rotatable bonds is 4. The minimum Gasteiger partial charge on any atom is -0.450 e. The molecule has 3 aromatic rings. The topological polar surface area (TPSA) is 91.1 Å². The van der Waals surface area contributed by atoms with Crippen molar-refractivity contribution in [3.8, 4) is 0 Å². The number of aliphatic hydroxyl groups is 1. The lowest BCUT2D eigenvalue weighted by Gasteiger charge is -2.34. The molecule has 0 aliphatic carbocycles. The van der Waals surface area contributed by atoms with Gasteiger partial charge >= 0.3 is 0 Å². The van der Waals surface area contributed by atoms with Gasteiger partial charge in [0.15, 0.2) is 11.0 Å². The molecule has 1 atom stereocenters. The first-order valence-corrected chi connectivity index (χ1v) is 10.1. The summed E-state index contributed by atoms with van der Waals surface area (Å²) in [5, 5.41) is 9.37. The van der Waals surface area contributed by atoms with Gasteiger partial charge in [-0.1, -0.05) is 18.2 Å². The van der Waals surface area contributed by atoms with Crippen LogP contribution in [0.1, 0.15) is 35.0 Å². The van der Waals surface area contributed by atoms with Gasteiger partial charge in [-0.15, -0.1) is 0 Å². The molecular formula is C23H19FN2O5. The molecule has 1 aromatic heterocycles. The third-order valence-electron chi connectivity index (χ3n) is 6.05. The van der Waals surface area contributed by atoms with Gasteiger partial charge in [-0.2, -0.15) is 0 Å². The Hall–Kier alpha value is -3.52. The minimum atomic E-state index is -1.71. The molecule has 0 saturated carbocycles. The molecule has 0 saturated heterocycles. The lowest BCUT2D eigenvalue weighted by Crippen LogP contribution is -2.53. The SMILES string of the molecule is CCN1C(=O)C2(c3ccccc31)c1c(oc3ccc(F)cc3c1=O)C(=O)N2CCCO. The number of likely N-dealkylation sites (N-methyl/N-ethyl adjacent to an activating group) is 1. The standard InChI is InChI=1S/C23H19FN2O5/c1-2-25-16-7-4-3-6-15(16)23(22(25)30)18-19(28)14-12-13(24)8-9-17(14)31-20(18)21(29)26(23)10-5-11-27/h3-4,6-9,12,27H,2,5,10-11H2,1H3. The third kappa shape index (κ3) is 2.33. The first-order chi connectivity index (χ1) is 15.0. The highest BCUT2D eigenvalue weighted by atomic mass is 19.1. The van der Waals surface area contributed by atoms with Gasteiger partial charge in [0.2, 0.25) is 5.76 Å². The summed E-state index contributed by atoms with van der Waals surface area (Å²) in [5.41, 5.74) is -1.25. The number of amides is 2. The highest BCUT2D eigenvalue weighted by molar-refractivity contribution is 6.17. The van der Waals surface area contributed by atoms with E-state index in [1.54, 1.807) is 24.3 Å². The van der Waals surface area contributed by atoms with E-state index in [0.29, 0.717) is 17.8 Å². The Morgan fingerprint density at radius 1 is 1.13 bits per heavy atom. The fourth-order valence-corrected chi connectivity index (χ4v) is 4.81. The van der Waals surface area contributed by atoms with Crippen molar-refractivity contribution >= 4 is 28.5 Å². The number of hydrogen-bond acceptors (Lipinski definition) is 5. The van der Waals surface area contributed by atoms with E-state index < -0.39 is 28.6 Å². The Morgan fingerprint density at radius 3 is 2.65 bits per heavy atom. The number of anilines is 1. The maximum Gasteiger partial charge on any atom is 0.291 e. The Kier molecular flexibility index (Phi) is 4.23. The first-order valence-electron chi connectivity index (χ1n) is 10.1. The number of aliphatic hydroxyl groups excluding tert-OH is 1. The number of fused-ring (bicyclic) bond motifs is 5. The van der Waals surface area contributed by atoms with Gasteiger partial charge in [-0.3, -0.25) is 14.4 Å². The maximum absolute atomic E-state index is 13.9. The summed E-state index contributed by atoms with van der Waals surface area (Å²) in [7, 11) is 0. The van der Waals surface area contributed by atoms with E-state index >= 15 is 0 Å². The zero-order valence-electron chi connectivity index (χ0n) is 16.7. The second-order valence-electron chi connectivity index (χ2n) is 7.59. The van der Waals surface area contributed by atoms with Crippen molar-refractivity contribution in [3.05, 3.63) is 75.4 Å². The second-order valence-corrected chi connectivity index (χ2v) is 7.59. The predicted octanol–water partition coefficient (Wildman–Crippen LogP) is 2.38. The highest BCUT2D eigenvalue weighted by Crippen LogP contribution is 2.52. The number of nitrogens with zero attached hydrogens (tertiary/aromatic N) is 2. The van der Waals surface area contributed by atoms with Crippen molar-refractivity contribution in [2.45, 2.75) is 18.9 Å². The van der Waals surface area contributed by atoms with Gasteiger partial charge < -0.3 is 19.3 Å². The number of hydrogen-bond donors (Lipinski definition) is 1. The molecule has 2 aromatic carbocycles. The van der Waals surface area contributed by atoms with Crippen molar-refractivity contribution < 1.29 is 23.5 Å². The molecule has 0 bridgehead atoms. The van der Waals surface area contributed by atoms with Gasteiger partial charge in [0.05, 0.1) is 16.6 Å². The van der Waals surface area contributed by atoms with Crippen LogP contribution >= 0.6 is 0 Å². The van der Waals surface area contributed by atoms with Gasteiger partial charge in [0.25, 0.3) is 11.8 Å². The average molecular weight is 422 g/mol. The lowest BCUT2D eigenvalue weighted by molar-refractivity contribution is -0.126. The van der Waals surface area contributed by atoms with E-state index in [1.165, 1.54) is 15.9 Å². The van der Waals surface area contributed by atoms with Crippen molar-refractivity contribution in [2.75, 3.05) is 24.6 Å². The summed E-state index contributed by atoms with van der Waals surface area (Å²) >= 11 is 0. The molecular weight excluding hydrogens is 403 g/mol. The molecule has 7 nitrogen and oxygen atoms in total. The Bertz CT molecular complexity index is 1320. The lowest BCUT2D eigenvalue weighted by atomic mass is 9.84. The van der Waals surface area contributed by atoms with Gasteiger partial charge in [0, 0.05) is 25.3 Å². The molecule has 2 aliphatic rings. The van der Waals surface area contributed by atoms with Crippen LogP contribution in [-0.2, 0) is 10.3 Å². The van der Waals surface area contributed by atoms with E-state index in [0.717, 1.165) is 12.1 Å². The molecule has 2 amide bonds. The van der Waals surface area contributed by atoms with Crippen molar-refractivity contribution in [1.29, 1.82) is 0 Å². The molecule has 2 aliphatic heterocycles. The van der Waals surface area contributed by atoms with Crippen molar-refractivity contribution in [1.82, 2.24) is 4.90 Å². The number of benzene rings is 2. The van der Waals surface area contributed by atoms with E-state index in [4.69, 9.17) is 4.42 Å². The Morgan fingerprint density at radius 2 is 1.90 bits per heavy atom. The molecule has 5 rings (SSSR count). The van der Waals surface area contributed by atoms with Crippen LogP contribution in [0, 0.1) is 5.82 Å². The average Bonchev–Trinajstić information content (AvgIpc) is 3.17. The summed E-state index contributed by atoms with van der Waals surface area (Å²) in [6.45, 7) is 1.99. The van der Waals surface area contributed by atoms with Crippen LogP contribution in [0.4, 0.5) is 10.1 Å². The number of carbonyl (C=O) groups excluding carboxylic acids is 2. The third-order valence-corrected chi connectivity index (χ3v) is 6.05. The van der Waals surface area contributed by atoms with Gasteiger partial charge in [0.1, 0.15) is 11.4 Å². The summed E-state index contributed by atoms with van der Waals surface area (Å²) in [4.78, 5) is 43.8. The maximum atomic E-state index is 13.9. The molecule has 1 N–H and O–H groups in total. The zero-order chi connectivity index (χ0) is 21.9. The zero-order valence-corrected chi connectivity index (χ0v) is 16.7. The first kappa shape index (κ1) is 19.4. The quantitative estimate of drug-likeness (QED) is 0.697. The van der Waals surface area contributed by atoms with E-state index in [2.05, 4.69) is 0 Å². The van der Waals surface area contributed by atoms with Crippen LogP contribution in [0.25, 0.3) is 11.0 Å². The predicted molar refractivity (Wildman–Crippen MR) is 110 cm³/mol. The van der Waals surface area contributed by atoms with Crippen LogP contribution < -0.4 is 10.3 Å². The van der Waals surface area contributed by atoms with Gasteiger partial charge in [-0.05, 0) is 37.6 Å². The highest BCUT2D eigenvalue weighted by Gasteiger charge is 2.64. The molecule has 1 spiro atoms. The monoisotopic (exact) mass is 422 g/mol. The van der Waals surface area contributed by atoms with Crippen molar-refractivity contribution in [3.63, 3.8) is 0 Å². The van der Waals surface area contributed by atoms with Crippen LogP contribution in [0.15, 0.2) is 51.7 Å². The van der Waals surface area contributed by atoms with E-state index in [1.807, 2.05) is 6.92 Å². The second kappa shape index (κ2) is 6.75. The van der Waals surface area contributed by atoms with E-state index in [9.17, 15) is 23.9 Å². The molecule has 0 radical (unpaired) electrons. The summed E-state index contributed by atoms with van der Waals surface area (Å²) < 4.78 is 19.7. The van der Waals surface area contributed by atoms with Crippen molar-refractivity contribution in [2.24, 2.45) is 0 Å². The largest absolute Gasteiger partial charge is 0.450 e. The fraction of sp³-hybridized carbons (Fsp3) is 0.261. The minimum absolute atomic E-state index is 0.0323. The molecule has 1 unspecified atom stereocenters. The molecule has 3 heterocycles. The molecule has 31 heavy (non-hydrogen) atoms. The Labute approximate surface area is 176 Å². The van der Waals surface area contributed by atoms with Gasteiger partial charge in [-0.25, -0.2) is 4.39 Å². The number of carbonyl (C=O) groups is 2. The normalized spacial score (nSPS) is 19.6. The summed E-state index contributed by atoms with van der Waals surface area (Å²) in [6, 6.07) is 10.5. The number of halogens is 1. The smallest absolute Gasteiger partial charge is 0.291 e. The summed E-state index contributed by atoms with van der Waals surface area (Å²) in [5.74, 6) is -1.89. The molecule has 8 heteroatoms. The molecule has 158 valence electrons. The summed E-state index contributed by atoms with van der Waals surface area (Å²) in [6.07, 6.45) is 0.214. The Balaban J connectivity index is 1.92. The van der Waals surface area contributed by atoms with Crippen LogP contribution in [0.3, 0.4) is 0 Å². The number of para-hydroxylation sites is 1. The van der Waals surface area contributed by atoms with Crippen LogP contribution in [-0.4, -0.2) is 41.5 Å².